The first-order valence-electron chi connectivity index (χ1n) is 7.56. The first kappa shape index (κ1) is 13.9. The average Bonchev–Trinajstić information content (AvgIpc) is 2.24. The van der Waals surface area contributed by atoms with Crippen molar-refractivity contribution in [2.24, 2.45) is 23.2 Å². The third-order valence-corrected chi connectivity index (χ3v) is 5.98. The Morgan fingerprint density at radius 1 is 1.25 bits per heavy atom. The first-order valence-corrected chi connectivity index (χ1v) is 7.56. The molecule has 2 bridgehead atoms. The lowest BCUT2D eigenvalue weighted by Crippen LogP contribution is -2.82. The minimum atomic E-state index is -0.564. The lowest BCUT2D eigenvalue weighted by Gasteiger charge is -2.72. The number of imide groups is 1. The highest BCUT2D eigenvalue weighted by Gasteiger charge is 2.74. The Kier molecular flexibility index (Phi) is 2.49. The summed E-state index contributed by atoms with van der Waals surface area (Å²) < 4.78 is 5.43. The van der Waals surface area contributed by atoms with Crippen LogP contribution in [-0.4, -0.2) is 28.0 Å². The van der Waals surface area contributed by atoms with Crippen molar-refractivity contribution >= 4 is 12.0 Å². The van der Waals surface area contributed by atoms with Crippen molar-refractivity contribution < 1.29 is 14.3 Å². The van der Waals surface area contributed by atoms with Crippen molar-refractivity contribution in [2.75, 3.05) is 0 Å². The van der Waals surface area contributed by atoms with Crippen LogP contribution in [0.2, 0.25) is 0 Å². The molecule has 2 amide bonds. The zero-order chi connectivity index (χ0) is 15.1. The number of ether oxygens (including phenoxy) is 1. The maximum atomic E-state index is 12.4. The van der Waals surface area contributed by atoms with E-state index in [9.17, 15) is 9.59 Å². The Morgan fingerprint density at radius 3 is 2.35 bits per heavy atom. The molecule has 112 valence electrons. The van der Waals surface area contributed by atoms with Gasteiger partial charge in [0.1, 0.15) is 5.60 Å². The van der Waals surface area contributed by atoms with Gasteiger partial charge in [0.25, 0.3) is 0 Å². The van der Waals surface area contributed by atoms with Crippen molar-refractivity contribution in [3.8, 4) is 0 Å². The van der Waals surface area contributed by atoms with Gasteiger partial charge >= 0.3 is 6.09 Å². The summed E-state index contributed by atoms with van der Waals surface area (Å²) in [6, 6.07) is 0. The Labute approximate surface area is 120 Å². The van der Waals surface area contributed by atoms with E-state index in [1.807, 2.05) is 20.8 Å². The Bertz CT molecular complexity index is 490. The van der Waals surface area contributed by atoms with Crippen LogP contribution in [0.5, 0.6) is 0 Å². The molecule has 4 aliphatic rings. The summed E-state index contributed by atoms with van der Waals surface area (Å²) >= 11 is 0. The molecule has 1 heterocycles. The average molecular weight is 279 g/mol. The highest BCUT2D eigenvalue weighted by atomic mass is 16.6. The number of carbonyl (C=O) groups excluding carboxylic acids is 2. The van der Waals surface area contributed by atoms with Gasteiger partial charge in [0.05, 0.1) is 11.5 Å². The number of β-lactam (4-membered cyclic amide) rings is 1. The van der Waals surface area contributed by atoms with E-state index in [0.717, 1.165) is 12.8 Å². The van der Waals surface area contributed by atoms with E-state index in [0.29, 0.717) is 11.8 Å². The van der Waals surface area contributed by atoms with Gasteiger partial charge in [0, 0.05) is 0 Å². The van der Waals surface area contributed by atoms with E-state index in [1.54, 1.807) is 0 Å². The van der Waals surface area contributed by atoms with E-state index in [4.69, 9.17) is 4.74 Å². The summed E-state index contributed by atoms with van der Waals surface area (Å²) in [5.41, 5.74) is -0.672. The number of rotatable bonds is 0. The SMILES string of the molecule is CC(C)(C)OC(=O)N1C(=O)[C@@H]2C[C@@H]3C[C@@H](C3(C)C)[C@@]21C. The van der Waals surface area contributed by atoms with Crippen molar-refractivity contribution in [3.63, 3.8) is 0 Å². The summed E-state index contributed by atoms with van der Waals surface area (Å²) in [6.07, 6.45) is 1.59. The summed E-state index contributed by atoms with van der Waals surface area (Å²) in [4.78, 5) is 26.1. The van der Waals surface area contributed by atoms with Gasteiger partial charge in [-0.25, -0.2) is 9.69 Å². The third kappa shape index (κ3) is 1.48. The quantitative estimate of drug-likeness (QED) is 0.640. The maximum Gasteiger partial charge on any atom is 0.417 e. The number of nitrogens with zero attached hydrogens (tertiary/aromatic N) is 1. The third-order valence-electron chi connectivity index (χ3n) is 5.98. The molecule has 1 saturated heterocycles. The van der Waals surface area contributed by atoms with Crippen LogP contribution >= 0.6 is 0 Å². The topological polar surface area (TPSA) is 46.6 Å². The van der Waals surface area contributed by atoms with Crippen LogP contribution in [-0.2, 0) is 9.53 Å². The fraction of sp³-hybridized carbons (Fsp3) is 0.875. The second-order valence-corrected chi connectivity index (χ2v) is 8.47. The molecular formula is C16H25NO3. The first-order chi connectivity index (χ1) is 8.99. The monoisotopic (exact) mass is 279 g/mol. The molecule has 0 aromatic carbocycles. The summed E-state index contributed by atoms with van der Waals surface area (Å²) in [7, 11) is 0. The number of likely N-dealkylation sites (tertiary alicyclic amines) is 1. The smallest absolute Gasteiger partial charge is 0.417 e. The predicted octanol–water partition coefficient (Wildman–Crippen LogP) is 3.20. The van der Waals surface area contributed by atoms with E-state index < -0.39 is 11.7 Å². The molecule has 3 saturated carbocycles. The molecule has 4 fully saturated rings. The summed E-state index contributed by atoms with van der Waals surface area (Å²) in [5, 5.41) is 0. The molecule has 4 atom stereocenters. The van der Waals surface area contributed by atoms with Crippen molar-refractivity contribution in [2.45, 2.75) is 65.5 Å². The Hall–Kier alpha value is -1.06. The molecule has 3 aliphatic carbocycles. The second-order valence-electron chi connectivity index (χ2n) is 8.47. The number of amides is 2. The zero-order valence-corrected chi connectivity index (χ0v) is 13.3. The summed E-state index contributed by atoms with van der Waals surface area (Å²) in [6.45, 7) is 12.1. The Balaban J connectivity index is 1.87. The molecule has 0 N–H and O–H groups in total. The minimum Gasteiger partial charge on any atom is -0.443 e. The molecule has 4 rings (SSSR count). The van der Waals surface area contributed by atoms with Gasteiger partial charge in [0.2, 0.25) is 5.91 Å². The van der Waals surface area contributed by atoms with Gasteiger partial charge in [-0.3, -0.25) is 4.79 Å². The second kappa shape index (κ2) is 3.58. The lowest BCUT2D eigenvalue weighted by atomic mass is 9.38. The van der Waals surface area contributed by atoms with Gasteiger partial charge in [-0.15, -0.1) is 0 Å². The van der Waals surface area contributed by atoms with Crippen LogP contribution in [0.3, 0.4) is 0 Å². The van der Waals surface area contributed by atoms with E-state index >= 15 is 0 Å². The van der Waals surface area contributed by atoms with Gasteiger partial charge in [-0.05, 0) is 57.8 Å². The van der Waals surface area contributed by atoms with E-state index in [1.165, 1.54) is 4.90 Å². The molecular weight excluding hydrogens is 254 g/mol. The van der Waals surface area contributed by atoms with Gasteiger partial charge < -0.3 is 4.74 Å². The van der Waals surface area contributed by atoms with E-state index in [2.05, 4.69) is 20.8 Å². The standard InChI is InChI=1S/C16H25NO3/c1-14(2,3)20-13(19)17-12(18)10-7-9-8-11(15(9,4)5)16(10,17)6/h9-11H,7-8H2,1-6H3/t9-,10+,11+,16-/m1/s1. The molecule has 0 radical (unpaired) electrons. The van der Waals surface area contributed by atoms with Crippen LogP contribution in [0, 0.1) is 23.2 Å². The summed E-state index contributed by atoms with van der Waals surface area (Å²) in [5.74, 6) is 1.03. The van der Waals surface area contributed by atoms with Gasteiger partial charge in [-0.2, -0.15) is 0 Å². The van der Waals surface area contributed by atoms with Crippen molar-refractivity contribution in [3.05, 3.63) is 0 Å². The predicted molar refractivity (Wildman–Crippen MR) is 75.0 cm³/mol. The van der Waals surface area contributed by atoms with Crippen LogP contribution in [0.25, 0.3) is 0 Å². The molecule has 0 aromatic rings. The number of hydrogen-bond donors (Lipinski definition) is 0. The fourth-order valence-corrected chi connectivity index (χ4v) is 4.76. The molecule has 0 unspecified atom stereocenters. The highest BCUT2D eigenvalue weighted by Crippen LogP contribution is 2.69. The minimum absolute atomic E-state index is 0.0202. The van der Waals surface area contributed by atoms with Crippen LogP contribution in [0.4, 0.5) is 4.79 Å². The normalized spacial score (nSPS) is 41.4. The fourth-order valence-electron chi connectivity index (χ4n) is 4.76. The highest BCUT2D eigenvalue weighted by molar-refractivity contribution is 6.01. The van der Waals surface area contributed by atoms with E-state index in [-0.39, 0.29) is 22.8 Å². The molecule has 4 nitrogen and oxygen atoms in total. The largest absolute Gasteiger partial charge is 0.443 e. The zero-order valence-electron chi connectivity index (χ0n) is 13.3. The maximum absolute atomic E-state index is 12.4. The molecule has 4 heteroatoms. The van der Waals surface area contributed by atoms with Gasteiger partial charge in [0.15, 0.2) is 0 Å². The molecule has 1 aliphatic heterocycles. The lowest BCUT2D eigenvalue weighted by molar-refractivity contribution is -0.235. The van der Waals surface area contributed by atoms with Crippen molar-refractivity contribution in [1.82, 2.24) is 4.90 Å². The number of carbonyl (C=O) groups is 2. The number of hydrogen-bond acceptors (Lipinski definition) is 3. The van der Waals surface area contributed by atoms with Crippen LogP contribution in [0.1, 0.15) is 54.4 Å². The molecule has 20 heavy (non-hydrogen) atoms. The van der Waals surface area contributed by atoms with Crippen LogP contribution in [0.15, 0.2) is 0 Å². The van der Waals surface area contributed by atoms with Crippen LogP contribution < -0.4 is 0 Å². The Morgan fingerprint density at radius 2 is 1.85 bits per heavy atom. The van der Waals surface area contributed by atoms with Crippen molar-refractivity contribution in [1.29, 1.82) is 0 Å². The molecule has 0 aromatic heterocycles. The van der Waals surface area contributed by atoms with Gasteiger partial charge in [-0.1, -0.05) is 13.8 Å². The molecule has 0 spiro atoms.